The molecule has 25 heavy (non-hydrogen) atoms. The third kappa shape index (κ3) is 3.78. The molecule has 2 aliphatic rings. The number of nitrogens with zero attached hydrogens (tertiary/aromatic N) is 5. The molecule has 1 aromatic heterocycles. The fraction of sp³-hybridized carbons (Fsp3) is 0.625. The van der Waals surface area contributed by atoms with Crippen LogP contribution in [0.25, 0.3) is 0 Å². The zero-order chi connectivity index (χ0) is 18.0. The highest BCUT2D eigenvalue weighted by atomic mass is 32.2. The minimum atomic E-state index is -3.38. The molecule has 0 atom stereocenters. The summed E-state index contributed by atoms with van der Waals surface area (Å²) in [5, 5.41) is 0. The maximum atomic E-state index is 12.6. The number of rotatable bonds is 4. The topological polar surface area (TPSA) is 77.1 Å². The Morgan fingerprint density at radius 2 is 1.60 bits per heavy atom. The number of carbonyl (C=O) groups is 1. The molecule has 0 radical (unpaired) electrons. The lowest BCUT2D eigenvalue weighted by molar-refractivity contribution is 0.0694. The Kier molecular flexibility index (Phi) is 5.26. The smallest absolute Gasteiger partial charge is 0.282 e. The van der Waals surface area contributed by atoms with Crippen molar-refractivity contribution in [2.45, 2.75) is 12.8 Å². The summed E-state index contributed by atoms with van der Waals surface area (Å²) in [6, 6.07) is 3.57. The van der Waals surface area contributed by atoms with E-state index in [0.29, 0.717) is 44.8 Å². The summed E-state index contributed by atoms with van der Waals surface area (Å²) in [6.45, 7) is 2.70. The predicted molar refractivity (Wildman–Crippen MR) is 95.8 cm³/mol. The van der Waals surface area contributed by atoms with Crippen LogP contribution in [0.3, 0.4) is 0 Å². The predicted octanol–water partition coefficient (Wildman–Crippen LogP) is 0.246. The molecule has 0 spiro atoms. The molecule has 0 aliphatic carbocycles. The van der Waals surface area contributed by atoms with Crippen molar-refractivity contribution in [3.05, 3.63) is 23.9 Å². The van der Waals surface area contributed by atoms with Crippen LogP contribution in [0.5, 0.6) is 0 Å². The van der Waals surface area contributed by atoms with E-state index >= 15 is 0 Å². The quantitative estimate of drug-likeness (QED) is 0.762. The average Bonchev–Trinajstić information content (AvgIpc) is 3.17. The number of anilines is 1. The fourth-order valence-electron chi connectivity index (χ4n) is 3.16. The lowest BCUT2D eigenvalue weighted by atomic mass is 10.2. The summed E-state index contributed by atoms with van der Waals surface area (Å²) in [4.78, 5) is 20.4. The van der Waals surface area contributed by atoms with Crippen molar-refractivity contribution in [2.75, 3.05) is 58.3 Å². The van der Waals surface area contributed by atoms with Crippen LogP contribution >= 0.6 is 0 Å². The van der Waals surface area contributed by atoms with E-state index in [1.54, 1.807) is 27.5 Å². The molecule has 9 heteroatoms. The van der Waals surface area contributed by atoms with Gasteiger partial charge in [-0.25, -0.2) is 4.98 Å². The van der Waals surface area contributed by atoms with Crippen molar-refractivity contribution in [3.63, 3.8) is 0 Å². The van der Waals surface area contributed by atoms with E-state index < -0.39 is 10.2 Å². The number of aromatic nitrogens is 1. The molecule has 2 aliphatic heterocycles. The van der Waals surface area contributed by atoms with Crippen LogP contribution in [0.4, 0.5) is 5.82 Å². The Hall–Kier alpha value is -1.71. The Balaban J connectivity index is 1.60. The Labute approximate surface area is 149 Å². The normalized spacial score (nSPS) is 20.0. The highest BCUT2D eigenvalue weighted by Crippen LogP contribution is 2.19. The van der Waals surface area contributed by atoms with Gasteiger partial charge in [0.05, 0.1) is 5.56 Å². The van der Waals surface area contributed by atoms with Crippen LogP contribution in [0, 0.1) is 0 Å². The lowest BCUT2D eigenvalue weighted by Crippen LogP contribution is -2.53. The van der Waals surface area contributed by atoms with Crippen LogP contribution in [-0.2, 0) is 10.2 Å². The SMILES string of the molecule is CN(C)c1ccc(C(=O)N2CCN(S(=O)(=O)N3CCCC3)CC2)cn1. The Morgan fingerprint density at radius 3 is 2.12 bits per heavy atom. The van der Waals surface area contributed by atoms with Crippen LogP contribution in [0.1, 0.15) is 23.2 Å². The number of hydrogen-bond acceptors (Lipinski definition) is 5. The van der Waals surface area contributed by atoms with Crippen molar-refractivity contribution >= 4 is 21.9 Å². The van der Waals surface area contributed by atoms with Gasteiger partial charge in [0.15, 0.2) is 0 Å². The van der Waals surface area contributed by atoms with Crippen molar-refractivity contribution in [2.24, 2.45) is 0 Å². The van der Waals surface area contributed by atoms with E-state index in [0.717, 1.165) is 18.7 Å². The number of hydrogen-bond donors (Lipinski definition) is 0. The Morgan fingerprint density at radius 1 is 1.00 bits per heavy atom. The van der Waals surface area contributed by atoms with E-state index in [1.165, 1.54) is 4.31 Å². The van der Waals surface area contributed by atoms with Gasteiger partial charge in [-0.1, -0.05) is 0 Å². The third-order valence-corrected chi connectivity index (χ3v) is 6.73. The summed E-state index contributed by atoms with van der Waals surface area (Å²) in [6.07, 6.45) is 3.42. The number of amides is 1. The zero-order valence-corrected chi connectivity index (χ0v) is 15.6. The van der Waals surface area contributed by atoms with Gasteiger partial charge >= 0.3 is 0 Å². The highest BCUT2D eigenvalue weighted by molar-refractivity contribution is 7.86. The first-order valence-corrected chi connectivity index (χ1v) is 9.97. The van der Waals surface area contributed by atoms with Crippen LogP contribution < -0.4 is 4.90 Å². The van der Waals surface area contributed by atoms with Gasteiger partial charge in [-0.2, -0.15) is 17.0 Å². The summed E-state index contributed by atoms with van der Waals surface area (Å²) < 4.78 is 28.2. The van der Waals surface area contributed by atoms with E-state index in [9.17, 15) is 13.2 Å². The van der Waals surface area contributed by atoms with E-state index in [2.05, 4.69) is 4.98 Å². The summed E-state index contributed by atoms with van der Waals surface area (Å²) >= 11 is 0. The first kappa shape index (κ1) is 18.1. The first-order valence-electron chi connectivity index (χ1n) is 8.57. The van der Waals surface area contributed by atoms with Crippen LogP contribution in [-0.4, -0.2) is 86.2 Å². The molecule has 3 rings (SSSR count). The second kappa shape index (κ2) is 7.27. The van der Waals surface area contributed by atoms with Gasteiger partial charge < -0.3 is 9.80 Å². The van der Waals surface area contributed by atoms with Crippen molar-refractivity contribution < 1.29 is 13.2 Å². The number of carbonyl (C=O) groups excluding carboxylic acids is 1. The summed E-state index contributed by atoms with van der Waals surface area (Å²) in [7, 11) is 0.406. The average molecular weight is 367 g/mol. The third-order valence-electron chi connectivity index (χ3n) is 4.70. The molecule has 8 nitrogen and oxygen atoms in total. The molecule has 1 aromatic rings. The van der Waals surface area contributed by atoms with Crippen molar-refractivity contribution in [1.29, 1.82) is 0 Å². The molecule has 1 amide bonds. The second-order valence-corrected chi connectivity index (χ2v) is 8.53. The number of pyridine rings is 1. The summed E-state index contributed by atoms with van der Waals surface area (Å²) in [5.41, 5.74) is 0.529. The van der Waals surface area contributed by atoms with Gasteiger partial charge in [0.1, 0.15) is 5.82 Å². The van der Waals surface area contributed by atoms with Gasteiger partial charge in [-0.05, 0) is 25.0 Å². The maximum absolute atomic E-state index is 12.6. The molecular weight excluding hydrogens is 342 g/mol. The monoisotopic (exact) mass is 367 g/mol. The lowest BCUT2D eigenvalue weighted by Gasteiger charge is -2.35. The van der Waals surface area contributed by atoms with E-state index in [-0.39, 0.29) is 5.91 Å². The van der Waals surface area contributed by atoms with E-state index in [1.807, 2.05) is 19.0 Å². The molecular formula is C16H25N5O3S. The molecule has 0 saturated carbocycles. The summed E-state index contributed by atoms with van der Waals surface area (Å²) in [5.74, 6) is 0.689. The fourth-order valence-corrected chi connectivity index (χ4v) is 4.83. The highest BCUT2D eigenvalue weighted by Gasteiger charge is 2.34. The van der Waals surface area contributed by atoms with Crippen LogP contribution in [0.2, 0.25) is 0 Å². The molecule has 3 heterocycles. The minimum absolute atomic E-state index is 0.101. The van der Waals surface area contributed by atoms with Crippen LogP contribution in [0.15, 0.2) is 18.3 Å². The molecule has 2 saturated heterocycles. The van der Waals surface area contributed by atoms with Gasteiger partial charge in [0.25, 0.3) is 16.1 Å². The molecule has 0 aromatic carbocycles. The second-order valence-electron chi connectivity index (χ2n) is 6.60. The van der Waals surface area contributed by atoms with Crippen molar-refractivity contribution in [3.8, 4) is 0 Å². The van der Waals surface area contributed by atoms with Gasteiger partial charge in [-0.15, -0.1) is 0 Å². The molecule has 138 valence electrons. The molecule has 0 N–H and O–H groups in total. The van der Waals surface area contributed by atoms with E-state index in [4.69, 9.17) is 0 Å². The standard InChI is InChI=1S/C16H25N5O3S/c1-18(2)15-6-5-14(13-17-15)16(22)19-9-11-21(12-10-19)25(23,24)20-7-3-4-8-20/h5-6,13H,3-4,7-12H2,1-2H3. The van der Waals surface area contributed by atoms with Gasteiger partial charge in [-0.3, -0.25) is 4.79 Å². The number of piperazine rings is 1. The van der Waals surface area contributed by atoms with Gasteiger partial charge in [0, 0.05) is 59.6 Å². The maximum Gasteiger partial charge on any atom is 0.282 e. The van der Waals surface area contributed by atoms with Crippen molar-refractivity contribution in [1.82, 2.24) is 18.5 Å². The molecule has 0 bridgehead atoms. The first-order chi connectivity index (χ1) is 11.9. The minimum Gasteiger partial charge on any atom is -0.363 e. The molecule has 0 unspecified atom stereocenters. The zero-order valence-electron chi connectivity index (χ0n) is 14.8. The van der Waals surface area contributed by atoms with Gasteiger partial charge in [0.2, 0.25) is 0 Å². The Bertz CT molecular complexity index is 706. The molecule has 2 fully saturated rings. The largest absolute Gasteiger partial charge is 0.363 e.